The molecule has 4 rings (SSSR count). The molecule has 0 aliphatic carbocycles. The van der Waals surface area contributed by atoms with Crippen molar-refractivity contribution in [3.63, 3.8) is 0 Å². The normalized spacial score (nSPS) is 14.8. The van der Waals surface area contributed by atoms with Crippen LogP contribution in [0, 0.1) is 5.82 Å². The molecule has 1 aliphatic rings. The molecular weight excluding hydrogens is 539 g/mol. The number of aromatic nitrogens is 1. The fourth-order valence-electron chi connectivity index (χ4n) is 4.08. The molecule has 0 spiro atoms. The summed E-state index contributed by atoms with van der Waals surface area (Å²) in [5.41, 5.74) is 1.45. The average Bonchev–Trinajstić information content (AvgIpc) is 2.99. The minimum Gasteiger partial charge on any atom is -0.484 e. The van der Waals surface area contributed by atoms with Gasteiger partial charge in [-0.3, -0.25) is 14.6 Å². The Hall–Kier alpha value is -3.87. The number of sulfonamides is 1. The Bertz CT molecular complexity index is 1380. The van der Waals surface area contributed by atoms with Gasteiger partial charge in [-0.25, -0.2) is 12.8 Å². The molecule has 1 saturated heterocycles. The van der Waals surface area contributed by atoms with Crippen molar-refractivity contribution in [1.82, 2.24) is 19.5 Å². The highest BCUT2D eigenvalue weighted by atomic mass is 32.2. The number of amides is 2. The van der Waals surface area contributed by atoms with E-state index in [9.17, 15) is 22.4 Å². The van der Waals surface area contributed by atoms with Crippen molar-refractivity contribution in [3.8, 4) is 5.75 Å². The summed E-state index contributed by atoms with van der Waals surface area (Å²) in [7, 11) is -3.66. The molecule has 2 amide bonds. The smallest absolute Gasteiger partial charge is 0.261 e. The zero-order chi connectivity index (χ0) is 28.5. The van der Waals surface area contributed by atoms with Crippen LogP contribution < -0.4 is 10.1 Å². The molecule has 212 valence electrons. The molecule has 40 heavy (non-hydrogen) atoms. The molecule has 10 nitrogen and oxygen atoms in total. The maximum absolute atomic E-state index is 13.4. The monoisotopic (exact) mass is 570 g/mol. The van der Waals surface area contributed by atoms with Crippen LogP contribution in [0.2, 0.25) is 0 Å². The average molecular weight is 571 g/mol. The summed E-state index contributed by atoms with van der Waals surface area (Å²) in [6.45, 7) is 2.77. The van der Waals surface area contributed by atoms with Crippen LogP contribution in [0.5, 0.6) is 5.75 Å². The first-order chi connectivity index (χ1) is 19.2. The number of hydrogen-bond donors (Lipinski definition) is 1. The molecule has 1 aliphatic heterocycles. The highest BCUT2D eigenvalue weighted by Gasteiger charge is 2.28. The third-order valence-electron chi connectivity index (χ3n) is 6.42. The van der Waals surface area contributed by atoms with E-state index in [4.69, 9.17) is 9.47 Å². The summed E-state index contributed by atoms with van der Waals surface area (Å²) >= 11 is 0. The van der Waals surface area contributed by atoms with Crippen molar-refractivity contribution in [2.45, 2.75) is 31.0 Å². The lowest BCUT2D eigenvalue weighted by Crippen LogP contribution is -2.48. The number of hydrogen-bond acceptors (Lipinski definition) is 7. The molecular formula is C28H31FN4O6S. The third-order valence-corrected chi connectivity index (χ3v) is 8.33. The Morgan fingerprint density at radius 2 is 1.77 bits per heavy atom. The molecule has 2 aromatic carbocycles. The molecule has 0 saturated carbocycles. The van der Waals surface area contributed by atoms with Gasteiger partial charge in [-0.2, -0.15) is 4.31 Å². The number of nitrogens with zero attached hydrogens (tertiary/aromatic N) is 3. The number of halogens is 1. The van der Waals surface area contributed by atoms with E-state index in [-0.39, 0.29) is 37.0 Å². The van der Waals surface area contributed by atoms with Crippen LogP contribution in [0.25, 0.3) is 0 Å². The first kappa shape index (κ1) is 29.1. The number of ether oxygens (including phenoxy) is 2. The highest BCUT2D eigenvalue weighted by Crippen LogP contribution is 2.21. The van der Waals surface area contributed by atoms with Gasteiger partial charge in [-0.15, -0.1) is 0 Å². The zero-order valence-electron chi connectivity index (χ0n) is 22.0. The Morgan fingerprint density at radius 1 is 1.07 bits per heavy atom. The van der Waals surface area contributed by atoms with Gasteiger partial charge in [0.25, 0.3) is 5.91 Å². The Balaban J connectivity index is 1.41. The molecule has 1 fully saturated rings. The van der Waals surface area contributed by atoms with Crippen LogP contribution in [-0.4, -0.2) is 73.4 Å². The Kier molecular flexibility index (Phi) is 9.80. The lowest BCUT2D eigenvalue weighted by molar-refractivity contribution is -0.142. The van der Waals surface area contributed by atoms with E-state index in [0.717, 1.165) is 5.56 Å². The van der Waals surface area contributed by atoms with Gasteiger partial charge in [-0.1, -0.05) is 18.2 Å². The zero-order valence-corrected chi connectivity index (χ0v) is 22.8. The van der Waals surface area contributed by atoms with Crippen molar-refractivity contribution in [1.29, 1.82) is 0 Å². The van der Waals surface area contributed by atoms with Crippen LogP contribution in [-0.2, 0) is 37.4 Å². The highest BCUT2D eigenvalue weighted by molar-refractivity contribution is 7.89. The molecule has 3 aromatic rings. The fourth-order valence-corrected chi connectivity index (χ4v) is 5.49. The second-order valence-electron chi connectivity index (χ2n) is 9.18. The molecule has 1 N–H and O–H groups in total. The van der Waals surface area contributed by atoms with Crippen LogP contribution >= 0.6 is 0 Å². The van der Waals surface area contributed by atoms with Crippen molar-refractivity contribution in [3.05, 3.63) is 90.0 Å². The van der Waals surface area contributed by atoms with E-state index in [1.54, 1.807) is 37.5 Å². The summed E-state index contributed by atoms with van der Waals surface area (Å²) in [6.07, 6.45) is 3.27. The summed E-state index contributed by atoms with van der Waals surface area (Å²) in [4.78, 5) is 31.7. The Morgan fingerprint density at radius 3 is 2.42 bits per heavy atom. The van der Waals surface area contributed by atoms with Crippen LogP contribution in [0.1, 0.15) is 18.1 Å². The maximum atomic E-state index is 13.4. The van der Waals surface area contributed by atoms with Gasteiger partial charge >= 0.3 is 0 Å². The minimum absolute atomic E-state index is 0.0562. The second-order valence-corrected chi connectivity index (χ2v) is 11.1. The molecule has 1 atom stereocenters. The predicted molar refractivity (Wildman–Crippen MR) is 144 cm³/mol. The fraction of sp³-hybridized carbons (Fsp3) is 0.321. The van der Waals surface area contributed by atoms with Crippen LogP contribution in [0.15, 0.2) is 78.0 Å². The van der Waals surface area contributed by atoms with E-state index in [1.807, 2.05) is 6.07 Å². The minimum atomic E-state index is -3.66. The summed E-state index contributed by atoms with van der Waals surface area (Å²) < 4.78 is 51.4. The van der Waals surface area contributed by atoms with Gasteiger partial charge < -0.3 is 19.7 Å². The molecule has 1 aromatic heterocycles. The molecule has 0 bridgehead atoms. The summed E-state index contributed by atoms with van der Waals surface area (Å²) in [5, 5.41) is 2.81. The molecule has 2 heterocycles. The van der Waals surface area contributed by atoms with Crippen LogP contribution in [0.3, 0.4) is 0 Å². The van der Waals surface area contributed by atoms with E-state index in [1.165, 1.54) is 45.6 Å². The molecule has 0 radical (unpaired) electrons. The van der Waals surface area contributed by atoms with Crippen molar-refractivity contribution >= 4 is 21.8 Å². The number of morpholine rings is 1. The lowest BCUT2D eigenvalue weighted by atomic mass is 10.1. The lowest BCUT2D eigenvalue weighted by Gasteiger charge is -2.29. The Labute approximate surface area is 232 Å². The second kappa shape index (κ2) is 13.5. The van der Waals surface area contributed by atoms with Gasteiger partial charge in [0.2, 0.25) is 15.9 Å². The van der Waals surface area contributed by atoms with E-state index in [0.29, 0.717) is 24.5 Å². The van der Waals surface area contributed by atoms with E-state index in [2.05, 4.69) is 10.3 Å². The summed E-state index contributed by atoms with van der Waals surface area (Å²) in [5.74, 6) is -0.966. The first-order valence-electron chi connectivity index (χ1n) is 12.8. The maximum Gasteiger partial charge on any atom is 0.261 e. The van der Waals surface area contributed by atoms with E-state index >= 15 is 0 Å². The molecule has 12 heteroatoms. The summed E-state index contributed by atoms with van der Waals surface area (Å²) in [6, 6.07) is 14.2. The number of carbonyl (C=O) groups excluding carboxylic acids is 2. The standard InChI is InChI=1S/C28H31FN4O6S/c1-21(28(35)31-18-23-3-2-12-30-17-23)33(19-22-4-6-24(29)7-5-22)27(34)20-39-25-8-10-26(11-9-25)40(36,37)32-13-15-38-16-14-32/h2-12,17,21H,13-16,18-20H2,1H3,(H,31,35). The van der Waals surface area contributed by atoms with Crippen molar-refractivity contribution in [2.24, 2.45) is 0 Å². The van der Waals surface area contributed by atoms with Gasteiger partial charge in [0.15, 0.2) is 6.61 Å². The van der Waals surface area contributed by atoms with Crippen molar-refractivity contribution < 1.29 is 31.9 Å². The van der Waals surface area contributed by atoms with E-state index < -0.39 is 34.4 Å². The topological polar surface area (TPSA) is 118 Å². The number of nitrogens with one attached hydrogen (secondary N) is 1. The number of benzene rings is 2. The SMILES string of the molecule is CC(C(=O)NCc1cccnc1)N(Cc1ccc(F)cc1)C(=O)COc1ccc(S(=O)(=O)N2CCOCC2)cc1. The number of carbonyl (C=O) groups is 2. The van der Waals surface area contributed by atoms with Gasteiger partial charge in [0.05, 0.1) is 18.1 Å². The predicted octanol–water partition coefficient (Wildman–Crippen LogP) is 2.35. The van der Waals surface area contributed by atoms with Gasteiger partial charge in [0, 0.05) is 38.6 Å². The van der Waals surface area contributed by atoms with Crippen LogP contribution in [0.4, 0.5) is 4.39 Å². The first-order valence-corrected chi connectivity index (χ1v) is 14.2. The third kappa shape index (κ3) is 7.62. The van der Waals surface area contributed by atoms with Gasteiger partial charge in [-0.05, 0) is 60.5 Å². The largest absolute Gasteiger partial charge is 0.484 e. The molecule has 1 unspecified atom stereocenters. The van der Waals surface area contributed by atoms with Gasteiger partial charge in [0.1, 0.15) is 17.6 Å². The quantitative estimate of drug-likeness (QED) is 0.376. The number of pyridine rings is 1. The van der Waals surface area contributed by atoms with Crippen molar-refractivity contribution in [2.75, 3.05) is 32.9 Å². The number of rotatable bonds is 11.